The number of nitrogens with zero attached hydrogens (tertiary/aromatic N) is 6. The van der Waals surface area contributed by atoms with Crippen LogP contribution in [0.5, 0.6) is 17.4 Å². The van der Waals surface area contributed by atoms with Crippen molar-refractivity contribution in [3.05, 3.63) is 60.2 Å². The van der Waals surface area contributed by atoms with E-state index in [0.29, 0.717) is 40.1 Å². The van der Waals surface area contributed by atoms with Crippen LogP contribution in [0, 0.1) is 6.92 Å². The molecule has 4 rings (SSSR count). The number of ether oxygens (including phenoxy) is 4. The summed E-state index contributed by atoms with van der Waals surface area (Å²) in [4.78, 5) is 13.1. The molecule has 14 heteroatoms. The Bertz CT molecular complexity index is 1540. The number of anilines is 1. The van der Waals surface area contributed by atoms with Crippen LogP contribution in [0.4, 0.5) is 5.95 Å². The van der Waals surface area contributed by atoms with Crippen LogP contribution in [0.2, 0.25) is 0 Å². The van der Waals surface area contributed by atoms with Crippen molar-refractivity contribution in [3.8, 4) is 34.6 Å². The molecule has 0 amide bonds. The maximum absolute atomic E-state index is 13.8. The van der Waals surface area contributed by atoms with Crippen LogP contribution in [0.25, 0.3) is 17.2 Å². The van der Waals surface area contributed by atoms with Crippen LogP contribution < -0.4 is 18.9 Å². The quantitative estimate of drug-likeness (QED) is 0.267. The second kappa shape index (κ2) is 12.3. The Labute approximate surface area is 232 Å². The lowest BCUT2D eigenvalue weighted by molar-refractivity contribution is 0.0588. The largest absolute Gasteiger partial charge is 0.494 e. The standard InChI is InChI=1S/C26H31N7O6S/c1-7-39-24(19-15-27-16(2)14-28-19)17(3)40(34,35)32-26-31-30-25(18-10-8-13-22(29-18)38-6)33(26)23-20(36-4)11-9-12-21(23)37-5/h8-15,17,24H,7H2,1-6H3,(H,31,32)/t17-,24+/m0/s1. The van der Waals surface area contributed by atoms with Crippen LogP contribution in [0.1, 0.15) is 31.3 Å². The van der Waals surface area contributed by atoms with E-state index in [-0.39, 0.29) is 18.4 Å². The number of hydrogen-bond acceptors (Lipinski definition) is 11. The van der Waals surface area contributed by atoms with Gasteiger partial charge in [-0.2, -0.15) is 0 Å². The number of sulfonamides is 1. The van der Waals surface area contributed by atoms with E-state index in [1.54, 1.807) is 56.4 Å². The summed E-state index contributed by atoms with van der Waals surface area (Å²) < 4.78 is 53.9. The molecule has 4 aromatic rings. The Morgan fingerprint density at radius 1 is 0.950 bits per heavy atom. The van der Waals surface area contributed by atoms with E-state index in [4.69, 9.17) is 18.9 Å². The molecule has 3 aromatic heterocycles. The Morgan fingerprint density at radius 2 is 1.65 bits per heavy atom. The third-order valence-electron chi connectivity index (χ3n) is 6.04. The third kappa shape index (κ3) is 5.82. The van der Waals surface area contributed by atoms with Crippen LogP contribution in [-0.2, 0) is 14.8 Å². The van der Waals surface area contributed by atoms with Crippen molar-refractivity contribution in [3.63, 3.8) is 0 Å². The number of benzene rings is 1. The molecule has 0 aliphatic rings. The topological polar surface area (TPSA) is 152 Å². The first-order valence-electron chi connectivity index (χ1n) is 12.3. The number of methoxy groups -OCH3 is 3. The van der Waals surface area contributed by atoms with Gasteiger partial charge in [0.15, 0.2) is 5.82 Å². The Balaban J connectivity index is 1.85. The van der Waals surface area contributed by atoms with Crippen molar-refractivity contribution < 1.29 is 27.4 Å². The Kier molecular flexibility index (Phi) is 8.80. The number of aryl methyl sites for hydroxylation is 1. The van der Waals surface area contributed by atoms with Crippen molar-refractivity contribution in [1.82, 2.24) is 29.7 Å². The lowest BCUT2D eigenvalue weighted by Crippen LogP contribution is -2.33. The number of pyridine rings is 1. The second-order valence-electron chi connectivity index (χ2n) is 8.57. The zero-order valence-electron chi connectivity index (χ0n) is 23.0. The summed E-state index contributed by atoms with van der Waals surface area (Å²) in [7, 11) is 0.344. The summed E-state index contributed by atoms with van der Waals surface area (Å²) in [6.07, 6.45) is 2.18. The van der Waals surface area contributed by atoms with Gasteiger partial charge in [0, 0.05) is 18.9 Å². The summed E-state index contributed by atoms with van der Waals surface area (Å²) in [5.41, 5.74) is 1.83. The molecule has 212 valence electrons. The minimum absolute atomic E-state index is 0.112. The lowest BCUT2D eigenvalue weighted by Gasteiger charge is -2.24. The number of hydrogen-bond donors (Lipinski definition) is 1. The van der Waals surface area contributed by atoms with E-state index in [1.165, 1.54) is 39.0 Å². The fraction of sp³-hybridized carbons (Fsp3) is 0.346. The summed E-state index contributed by atoms with van der Waals surface area (Å²) >= 11 is 0. The highest BCUT2D eigenvalue weighted by atomic mass is 32.2. The molecule has 1 aromatic carbocycles. The van der Waals surface area contributed by atoms with E-state index in [1.807, 2.05) is 0 Å². The van der Waals surface area contributed by atoms with E-state index < -0.39 is 21.4 Å². The maximum atomic E-state index is 13.8. The van der Waals surface area contributed by atoms with Gasteiger partial charge in [-0.15, -0.1) is 10.2 Å². The molecule has 0 unspecified atom stereocenters. The SMILES string of the molecule is CCO[C@@H](c1cnc(C)cn1)[C@H](C)S(=O)(=O)Nc1nnc(-c2cccc(OC)n2)n1-c1c(OC)cccc1OC. The monoisotopic (exact) mass is 569 g/mol. The normalized spacial score (nSPS) is 12.9. The molecule has 13 nitrogen and oxygen atoms in total. The van der Waals surface area contributed by atoms with Crippen molar-refractivity contribution in [2.45, 2.75) is 32.1 Å². The first-order valence-corrected chi connectivity index (χ1v) is 13.9. The van der Waals surface area contributed by atoms with E-state index in [9.17, 15) is 8.42 Å². The molecule has 0 saturated carbocycles. The highest BCUT2D eigenvalue weighted by Gasteiger charge is 2.35. The predicted molar refractivity (Wildman–Crippen MR) is 147 cm³/mol. The molecule has 0 radical (unpaired) electrons. The van der Waals surface area contributed by atoms with Crippen LogP contribution in [0.15, 0.2) is 48.8 Å². The van der Waals surface area contributed by atoms with Crippen LogP contribution in [-0.4, -0.2) is 71.3 Å². The molecular weight excluding hydrogens is 538 g/mol. The molecule has 0 fully saturated rings. The smallest absolute Gasteiger partial charge is 0.243 e. The number of para-hydroxylation sites is 1. The van der Waals surface area contributed by atoms with Gasteiger partial charge in [0.2, 0.25) is 21.9 Å². The van der Waals surface area contributed by atoms with Gasteiger partial charge >= 0.3 is 0 Å². The molecule has 0 saturated heterocycles. The summed E-state index contributed by atoms with van der Waals surface area (Å²) in [5.74, 6) is 1.23. The molecular formula is C26H31N7O6S. The second-order valence-corrected chi connectivity index (χ2v) is 10.6. The van der Waals surface area contributed by atoms with Crippen molar-refractivity contribution in [1.29, 1.82) is 0 Å². The number of rotatable bonds is 12. The van der Waals surface area contributed by atoms with Gasteiger partial charge in [0.1, 0.15) is 34.2 Å². The molecule has 0 aliphatic carbocycles. The number of nitrogens with one attached hydrogen (secondary N) is 1. The number of aromatic nitrogens is 6. The van der Waals surface area contributed by atoms with Gasteiger partial charge in [0.05, 0.1) is 38.9 Å². The molecule has 2 atom stereocenters. The molecule has 40 heavy (non-hydrogen) atoms. The van der Waals surface area contributed by atoms with Crippen molar-refractivity contribution in [2.75, 3.05) is 32.7 Å². The fourth-order valence-electron chi connectivity index (χ4n) is 4.01. The first kappa shape index (κ1) is 28.7. The first-order chi connectivity index (χ1) is 19.2. The molecule has 3 heterocycles. The fourth-order valence-corrected chi connectivity index (χ4v) is 5.12. The van der Waals surface area contributed by atoms with E-state index in [2.05, 4.69) is 29.9 Å². The predicted octanol–water partition coefficient (Wildman–Crippen LogP) is 3.36. The zero-order valence-corrected chi connectivity index (χ0v) is 23.8. The molecule has 0 spiro atoms. The third-order valence-corrected chi connectivity index (χ3v) is 7.73. The van der Waals surface area contributed by atoms with Gasteiger partial charge in [-0.05, 0) is 39.0 Å². The Hall–Kier alpha value is -4.30. The highest BCUT2D eigenvalue weighted by molar-refractivity contribution is 7.93. The molecule has 0 bridgehead atoms. The van der Waals surface area contributed by atoms with Gasteiger partial charge in [-0.1, -0.05) is 12.1 Å². The summed E-state index contributed by atoms with van der Waals surface area (Å²) in [6.45, 7) is 5.36. The van der Waals surface area contributed by atoms with Crippen molar-refractivity contribution >= 4 is 16.0 Å². The van der Waals surface area contributed by atoms with Crippen molar-refractivity contribution in [2.24, 2.45) is 0 Å². The average Bonchev–Trinajstić information content (AvgIpc) is 3.37. The zero-order chi connectivity index (χ0) is 28.9. The Morgan fingerprint density at radius 3 is 2.25 bits per heavy atom. The minimum Gasteiger partial charge on any atom is -0.494 e. The molecule has 0 aliphatic heterocycles. The van der Waals surface area contributed by atoms with Crippen LogP contribution >= 0.6 is 0 Å². The average molecular weight is 570 g/mol. The van der Waals surface area contributed by atoms with E-state index >= 15 is 0 Å². The lowest BCUT2D eigenvalue weighted by atomic mass is 10.2. The van der Waals surface area contributed by atoms with Gasteiger partial charge in [-0.3, -0.25) is 19.3 Å². The van der Waals surface area contributed by atoms with Gasteiger partial charge < -0.3 is 18.9 Å². The summed E-state index contributed by atoms with van der Waals surface area (Å²) in [5, 5.41) is 7.39. The van der Waals surface area contributed by atoms with Crippen LogP contribution in [0.3, 0.4) is 0 Å². The maximum Gasteiger partial charge on any atom is 0.243 e. The van der Waals surface area contributed by atoms with E-state index in [0.717, 1.165) is 0 Å². The van der Waals surface area contributed by atoms with Gasteiger partial charge in [-0.25, -0.2) is 13.4 Å². The minimum atomic E-state index is -4.14. The highest BCUT2D eigenvalue weighted by Crippen LogP contribution is 2.38. The molecule has 1 N–H and O–H groups in total. The van der Waals surface area contributed by atoms with Gasteiger partial charge in [0.25, 0.3) is 0 Å². The summed E-state index contributed by atoms with van der Waals surface area (Å²) in [6, 6.07) is 10.3.